The molecule has 22 heavy (non-hydrogen) atoms. The van der Waals surface area contributed by atoms with E-state index >= 15 is 0 Å². The van der Waals surface area contributed by atoms with Gasteiger partial charge in [-0.2, -0.15) is 5.10 Å². The van der Waals surface area contributed by atoms with E-state index in [-0.39, 0.29) is 12.0 Å². The van der Waals surface area contributed by atoms with E-state index in [1.54, 1.807) is 40.0 Å². The highest BCUT2D eigenvalue weighted by atomic mass is 35.5. The smallest absolute Gasteiger partial charge is 0.274 e. The maximum absolute atomic E-state index is 12.4. The van der Waals surface area contributed by atoms with Crippen LogP contribution in [0.5, 0.6) is 0 Å². The van der Waals surface area contributed by atoms with Crippen molar-refractivity contribution in [3.8, 4) is 5.69 Å². The predicted molar refractivity (Wildman–Crippen MR) is 84.7 cm³/mol. The second kappa shape index (κ2) is 6.28. The van der Waals surface area contributed by atoms with Gasteiger partial charge in [-0.1, -0.05) is 23.2 Å². The Morgan fingerprint density at radius 2 is 1.91 bits per heavy atom. The number of aliphatic hydroxyl groups is 1. The van der Waals surface area contributed by atoms with E-state index in [0.717, 1.165) is 5.69 Å². The van der Waals surface area contributed by atoms with Gasteiger partial charge in [-0.15, -0.1) is 0 Å². The lowest BCUT2D eigenvalue weighted by atomic mass is 10.1. The van der Waals surface area contributed by atoms with E-state index < -0.39 is 0 Å². The van der Waals surface area contributed by atoms with Crippen molar-refractivity contribution in [2.24, 2.45) is 0 Å². The minimum Gasteiger partial charge on any atom is -0.393 e. The van der Waals surface area contributed by atoms with Crippen LogP contribution in [0.25, 0.3) is 5.69 Å². The monoisotopic (exact) mass is 339 g/mol. The summed E-state index contributed by atoms with van der Waals surface area (Å²) in [5.74, 6) is -0.120. The molecule has 1 amide bonds. The fraction of sp³-hybridized carbons (Fsp3) is 0.333. The third-order valence-electron chi connectivity index (χ3n) is 3.73. The van der Waals surface area contributed by atoms with Crippen molar-refractivity contribution in [2.45, 2.75) is 18.9 Å². The lowest BCUT2D eigenvalue weighted by Gasteiger charge is -2.28. The minimum atomic E-state index is -0.308. The molecule has 1 aromatic carbocycles. The predicted octanol–water partition coefficient (Wildman–Crippen LogP) is 2.78. The van der Waals surface area contributed by atoms with Crippen LogP contribution < -0.4 is 0 Å². The number of rotatable bonds is 2. The molecule has 5 nitrogen and oxygen atoms in total. The van der Waals surface area contributed by atoms with E-state index in [1.165, 1.54) is 0 Å². The number of likely N-dealkylation sites (tertiary alicyclic amines) is 1. The zero-order chi connectivity index (χ0) is 15.7. The number of hydrogen-bond donors (Lipinski definition) is 1. The van der Waals surface area contributed by atoms with Crippen molar-refractivity contribution in [1.29, 1.82) is 0 Å². The highest BCUT2D eigenvalue weighted by Crippen LogP contribution is 2.24. The van der Waals surface area contributed by atoms with Crippen LogP contribution in [0.2, 0.25) is 10.0 Å². The quantitative estimate of drug-likeness (QED) is 0.915. The zero-order valence-corrected chi connectivity index (χ0v) is 13.3. The number of halogens is 2. The summed E-state index contributed by atoms with van der Waals surface area (Å²) in [6, 6.07) is 6.85. The van der Waals surface area contributed by atoms with E-state index in [1.807, 2.05) is 0 Å². The Labute approximate surface area is 138 Å². The van der Waals surface area contributed by atoms with Crippen LogP contribution in [0, 0.1) is 0 Å². The molecule has 0 aliphatic carbocycles. The molecule has 116 valence electrons. The summed E-state index contributed by atoms with van der Waals surface area (Å²) in [5, 5.41) is 14.7. The van der Waals surface area contributed by atoms with Crippen LogP contribution in [-0.4, -0.2) is 44.9 Å². The number of piperidine rings is 1. The fourth-order valence-corrected chi connectivity index (χ4v) is 2.73. The van der Waals surface area contributed by atoms with Gasteiger partial charge in [-0.05, 0) is 37.1 Å². The minimum absolute atomic E-state index is 0.120. The van der Waals surface area contributed by atoms with Gasteiger partial charge >= 0.3 is 0 Å². The van der Waals surface area contributed by atoms with Gasteiger partial charge in [0.25, 0.3) is 5.91 Å². The lowest BCUT2D eigenvalue weighted by Crippen LogP contribution is -2.40. The molecule has 1 aliphatic rings. The molecule has 1 fully saturated rings. The molecule has 0 spiro atoms. The van der Waals surface area contributed by atoms with Gasteiger partial charge in [0, 0.05) is 19.3 Å². The summed E-state index contributed by atoms with van der Waals surface area (Å²) < 4.78 is 1.59. The number of nitrogens with zero attached hydrogens (tertiary/aromatic N) is 3. The molecule has 1 saturated heterocycles. The average molecular weight is 340 g/mol. The molecule has 3 rings (SSSR count). The summed E-state index contributed by atoms with van der Waals surface area (Å²) in [6.07, 6.45) is 2.63. The average Bonchev–Trinajstić information content (AvgIpc) is 3.00. The van der Waals surface area contributed by atoms with Crippen molar-refractivity contribution >= 4 is 29.1 Å². The second-order valence-electron chi connectivity index (χ2n) is 5.27. The van der Waals surface area contributed by atoms with Crippen LogP contribution in [0.1, 0.15) is 23.3 Å². The Balaban J connectivity index is 1.78. The number of aromatic nitrogens is 2. The molecular formula is C15H15Cl2N3O2. The highest BCUT2D eigenvalue weighted by molar-refractivity contribution is 6.42. The van der Waals surface area contributed by atoms with E-state index in [4.69, 9.17) is 23.2 Å². The van der Waals surface area contributed by atoms with Crippen LogP contribution in [-0.2, 0) is 0 Å². The Bertz CT molecular complexity index is 694. The first kappa shape index (κ1) is 15.3. The maximum atomic E-state index is 12.4. The van der Waals surface area contributed by atoms with Gasteiger partial charge in [0.2, 0.25) is 0 Å². The first-order chi connectivity index (χ1) is 10.5. The molecule has 7 heteroatoms. The maximum Gasteiger partial charge on any atom is 0.274 e. The van der Waals surface area contributed by atoms with Gasteiger partial charge in [0.15, 0.2) is 5.69 Å². The largest absolute Gasteiger partial charge is 0.393 e. The van der Waals surface area contributed by atoms with E-state index in [2.05, 4.69) is 5.10 Å². The summed E-state index contributed by atoms with van der Waals surface area (Å²) >= 11 is 11.9. The first-order valence-corrected chi connectivity index (χ1v) is 7.78. The van der Waals surface area contributed by atoms with Crippen LogP contribution in [0.15, 0.2) is 30.5 Å². The Hall–Kier alpha value is -1.56. The van der Waals surface area contributed by atoms with Gasteiger partial charge in [0.05, 0.1) is 21.8 Å². The lowest BCUT2D eigenvalue weighted by molar-refractivity contribution is 0.0541. The zero-order valence-electron chi connectivity index (χ0n) is 11.7. The number of carbonyl (C=O) groups excluding carboxylic acids is 1. The topological polar surface area (TPSA) is 58.4 Å². The van der Waals surface area contributed by atoms with Crippen molar-refractivity contribution in [1.82, 2.24) is 14.7 Å². The molecular weight excluding hydrogens is 325 g/mol. The number of amides is 1. The number of hydrogen-bond acceptors (Lipinski definition) is 3. The number of benzene rings is 1. The summed E-state index contributed by atoms with van der Waals surface area (Å²) in [6.45, 7) is 1.11. The molecule has 0 atom stereocenters. The van der Waals surface area contributed by atoms with Gasteiger partial charge < -0.3 is 10.0 Å². The highest BCUT2D eigenvalue weighted by Gasteiger charge is 2.23. The van der Waals surface area contributed by atoms with Gasteiger partial charge in [-0.3, -0.25) is 4.79 Å². The third-order valence-corrected chi connectivity index (χ3v) is 4.47. The molecule has 1 aliphatic heterocycles. The van der Waals surface area contributed by atoms with Crippen LogP contribution >= 0.6 is 23.2 Å². The van der Waals surface area contributed by atoms with Gasteiger partial charge in [0.1, 0.15) is 0 Å². The normalized spacial score (nSPS) is 16.0. The summed E-state index contributed by atoms with van der Waals surface area (Å²) in [4.78, 5) is 14.1. The number of aliphatic hydroxyl groups excluding tert-OH is 1. The Kier molecular flexibility index (Phi) is 4.38. The van der Waals surface area contributed by atoms with Crippen LogP contribution in [0.3, 0.4) is 0 Å². The molecule has 2 aromatic rings. The van der Waals surface area contributed by atoms with Crippen molar-refractivity contribution in [3.63, 3.8) is 0 Å². The Morgan fingerprint density at radius 1 is 1.18 bits per heavy atom. The summed E-state index contributed by atoms with van der Waals surface area (Å²) in [5.41, 5.74) is 1.12. The fourth-order valence-electron chi connectivity index (χ4n) is 2.44. The second-order valence-corrected chi connectivity index (χ2v) is 6.08. The van der Waals surface area contributed by atoms with Crippen LogP contribution in [0.4, 0.5) is 0 Å². The SMILES string of the molecule is O=C(c1ccn(-c2ccc(Cl)c(Cl)c2)n1)N1CCC(O)CC1. The standard InChI is InChI=1S/C15H15Cl2N3O2/c16-12-2-1-10(9-13(12)17)20-8-5-14(18-20)15(22)19-6-3-11(21)4-7-19/h1-2,5,8-9,11,21H,3-4,6-7H2. The van der Waals surface area contributed by atoms with Crippen molar-refractivity contribution in [2.75, 3.05) is 13.1 Å². The van der Waals surface area contributed by atoms with Crippen molar-refractivity contribution in [3.05, 3.63) is 46.2 Å². The molecule has 0 unspecified atom stereocenters. The first-order valence-electron chi connectivity index (χ1n) is 7.03. The van der Waals surface area contributed by atoms with E-state index in [0.29, 0.717) is 41.7 Å². The summed E-state index contributed by atoms with van der Waals surface area (Å²) in [7, 11) is 0. The Morgan fingerprint density at radius 3 is 2.59 bits per heavy atom. The number of carbonyl (C=O) groups is 1. The molecule has 1 N–H and O–H groups in total. The third kappa shape index (κ3) is 3.11. The molecule has 0 radical (unpaired) electrons. The molecule has 0 saturated carbocycles. The van der Waals surface area contributed by atoms with Crippen molar-refractivity contribution < 1.29 is 9.90 Å². The molecule has 0 bridgehead atoms. The van der Waals surface area contributed by atoms with E-state index in [9.17, 15) is 9.90 Å². The van der Waals surface area contributed by atoms with Gasteiger partial charge in [-0.25, -0.2) is 4.68 Å². The molecule has 1 aromatic heterocycles. The molecule has 2 heterocycles.